The van der Waals surface area contributed by atoms with E-state index in [1.807, 2.05) is 22.7 Å². The lowest BCUT2D eigenvalue weighted by Crippen LogP contribution is -2.54. The van der Waals surface area contributed by atoms with Gasteiger partial charge < -0.3 is 4.48 Å². The van der Waals surface area contributed by atoms with Crippen LogP contribution in [0.4, 0.5) is 0 Å². The number of rotatable bonds is 3. The van der Waals surface area contributed by atoms with Crippen LogP contribution in [-0.4, -0.2) is 30.7 Å². The molecule has 0 aliphatic carbocycles. The standard InChI is InChI=1S/C21H28NS2/c1-14-10-23-12-20(14)19(21-13-24-11-15(21)2)9-16-7-17-5-6-18(8-16)22(17,3)4/h9-13,16-18H,5-8H2,1-4H3/q+1/t17-,18-/m0/s1. The molecule has 0 N–H and O–H groups in total. The van der Waals surface area contributed by atoms with Crippen molar-refractivity contribution in [1.29, 1.82) is 0 Å². The number of nitrogens with zero attached hydrogens (tertiary/aromatic N) is 1. The summed E-state index contributed by atoms with van der Waals surface area (Å²) in [4.78, 5) is 0. The van der Waals surface area contributed by atoms with E-state index in [4.69, 9.17) is 0 Å². The van der Waals surface area contributed by atoms with E-state index in [-0.39, 0.29) is 0 Å². The largest absolute Gasteiger partial charge is 0.324 e. The minimum Gasteiger partial charge on any atom is -0.324 e. The minimum atomic E-state index is 0.738. The fourth-order valence-corrected chi connectivity index (χ4v) is 6.59. The lowest BCUT2D eigenvalue weighted by atomic mass is 9.85. The first-order valence-electron chi connectivity index (χ1n) is 9.08. The molecule has 0 amide bonds. The molecular weight excluding hydrogens is 330 g/mol. The molecule has 1 nitrogen and oxygen atoms in total. The van der Waals surface area contributed by atoms with E-state index in [9.17, 15) is 0 Å². The lowest BCUT2D eigenvalue weighted by molar-refractivity contribution is -0.931. The summed E-state index contributed by atoms with van der Waals surface area (Å²) in [6.45, 7) is 4.51. The Morgan fingerprint density at radius 3 is 1.83 bits per heavy atom. The second-order valence-corrected chi connectivity index (χ2v) is 9.75. The van der Waals surface area contributed by atoms with E-state index in [1.54, 1.807) is 0 Å². The fourth-order valence-electron chi connectivity index (χ4n) is 4.89. The van der Waals surface area contributed by atoms with E-state index < -0.39 is 0 Å². The topological polar surface area (TPSA) is 0 Å². The molecule has 24 heavy (non-hydrogen) atoms. The first-order valence-corrected chi connectivity index (χ1v) is 11.0. The van der Waals surface area contributed by atoms with Crippen molar-refractivity contribution in [2.24, 2.45) is 5.92 Å². The molecular formula is C21H28NS2+. The fraction of sp³-hybridized carbons (Fsp3) is 0.524. The highest BCUT2D eigenvalue weighted by Gasteiger charge is 2.48. The van der Waals surface area contributed by atoms with Crippen LogP contribution >= 0.6 is 22.7 Å². The number of hydrogen-bond donors (Lipinski definition) is 0. The molecule has 2 aromatic rings. The van der Waals surface area contributed by atoms with Gasteiger partial charge in [-0.2, -0.15) is 22.7 Å². The van der Waals surface area contributed by atoms with Gasteiger partial charge >= 0.3 is 0 Å². The molecule has 128 valence electrons. The Kier molecular flexibility index (Phi) is 4.22. The van der Waals surface area contributed by atoms with Crippen LogP contribution in [0.15, 0.2) is 27.6 Å². The van der Waals surface area contributed by atoms with E-state index in [2.05, 4.69) is 55.5 Å². The number of piperidine rings is 1. The highest BCUT2D eigenvalue weighted by molar-refractivity contribution is 7.08. The van der Waals surface area contributed by atoms with Crippen molar-refractivity contribution in [2.75, 3.05) is 14.1 Å². The van der Waals surface area contributed by atoms with Crippen molar-refractivity contribution in [1.82, 2.24) is 0 Å². The second kappa shape index (κ2) is 6.12. The molecule has 2 fully saturated rings. The summed E-state index contributed by atoms with van der Waals surface area (Å²) in [6, 6.07) is 1.72. The van der Waals surface area contributed by atoms with Crippen LogP contribution in [-0.2, 0) is 0 Å². The molecule has 3 heteroatoms. The third-order valence-electron chi connectivity index (χ3n) is 6.56. The quantitative estimate of drug-likeness (QED) is 0.601. The molecule has 0 radical (unpaired) electrons. The number of hydrogen-bond acceptors (Lipinski definition) is 2. The van der Waals surface area contributed by atoms with Crippen LogP contribution in [0.3, 0.4) is 0 Å². The van der Waals surface area contributed by atoms with Crippen LogP contribution in [0.1, 0.15) is 47.9 Å². The monoisotopic (exact) mass is 358 g/mol. The van der Waals surface area contributed by atoms with Crippen molar-refractivity contribution < 1.29 is 4.48 Å². The smallest absolute Gasteiger partial charge is 0.0896 e. The Bertz CT molecular complexity index is 706. The van der Waals surface area contributed by atoms with E-state index in [0.29, 0.717) is 0 Å². The van der Waals surface area contributed by atoms with Crippen molar-refractivity contribution in [3.05, 3.63) is 49.9 Å². The molecule has 0 spiro atoms. The van der Waals surface area contributed by atoms with Crippen molar-refractivity contribution >= 4 is 28.2 Å². The zero-order chi connectivity index (χ0) is 16.9. The lowest BCUT2D eigenvalue weighted by Gasteiger charge is -2.44. The van der Waals surface area contributed by atoms with Gasteiger partial charge in [-0.15, -0.1) is 0 Å². The van der Waals surface area contributed by atoms with Gasteiger partial charge in [0.2, 0.25) is 0 Å². The van der Waals surface area contributed by atoms with Gasteiger partial charge in [0.05, 0.1) is 26.2 Å². The average molecular weight is 359 g/mol. The van der Waals surface area contributed by atoms with Gasteiger partial charge in [-0.25, -0.2) is 0 Å². The van der Waals surface area contributed by atoms with Gasteiger partial charge in [0.1, 0.15) is 0 Å². The Hall–Kier alpha value is -0.900. The van der Waals surface area contributed by atoms with Crippen LogP contribution < -0.4 is 0 Å². The van der Waals surface area contributed by atoms with Crippen molar-refractivity contribution in [3.63, 3.8) is 0 Å². The summed E-state index contributed by atoms with van der Waals surface area (Å²) >= 11 is 3.66. The van der Waals surface area contributed by atoms with Gasteiger partial charge in [0.25, 0.3) is 0 Å². The minimum absolute atomic E-state index is 0.738. The van der Waals surface area contributed by atoms with E-state index in [1.165, 1.54) is 58.0 Å². The summed E-state index contributed by atoms with van der Waals surface area (Å²) in [5, 5.41) is 9.26. The van der Waals surface area contributed by atoms with Gasteiger partial charge in [0, 0.05) is 25.7 Å². The van der Waals surface area contributed by atoms with Crippen LogP contribution in [0, 0.1) is 19.8 Å². The Labute approximate surface area is 154 Å². The molecule has 0 aromatic carbocycles. The molecule has 4 heterocycles. The first kappa shape index (κ1) is 16.6. The van der Waals surface area contributed by atoms with Crippen molar-refractivity contribution in [3.8, 4) is 0 Å². The van der Waals surface area contributed by atoms with Crippen LogP contribution in [0.25, 0.3) is 5.57 Å². The zero-order valence-corrected chi connectivity index (χ0v) is 16.8. The maximum absolute atomic E-state index is 2.63. The summed E-state index contributed by atoms with van der Waals surface area (Å²) in [7, 11) is 4.91. The number of thiophene rings is 2. The number of fused-ring (bicyclic) bond motifs is 2. The van der Waals surface area contributed by atoms with E-state index >= 15 is 0 Å². The second-order valence-electron chi connectivity index (χ2n) is 8.26. The molecule has 2 bridgehead atoms. The molecule has 0 unspecified atom stereocenters. The Morgan fingerprint density at radius 2 is 1.42 bits per heavy atom. The summed E-state index contributed by atoms with van der Waals surface area (Å²) < 4.78 is 1.26. The highest BCUT2D eigenvalue weighted by atomic mass is 32.1. The van der Waals surface area contributed by atoms with Gasteiger partial charge in [-0.1, -0.05) is 6.08 Å². The Morgan fingerprint density at radius 1 is 0.917 bits per heavy atom. The Balaban J connectivity index is 1.71. The maximum atomic E-state index is 2.63. The molecule has 2 atom stereocenters. The van der Waals surface area contributed by atoms with Crippen LogP contribution in [0.5, 0.6) is 0 Å². The number of allylic oxidation sites excluding steroid dienone is 1. The SMILES string of the molecule is Cc1cscc1C(=CC1C[C@@H]2CC[C@@H](C1)[N+]2(C)C)c1cscc1C. The third kappa shape index (κ3) is 2.71. The van der Waals surface area contributed by atoms with Gasteiger partial charge in [-0.3, -0.25) is 0 Å². The molecule has 2 saturated heterocycles. The molecule has 2 aliphatic heterocycles. The summed E-state index contributed by atoms with van der Waals surface area (Å²) in [5.41, 5.74) is 7.24. The molecule has 2 aromatic heterocycles. The summed E-state index contributed by atoms with van der Waals surface area (Å²) in [6.07, 6.45) is 8.20. The molecule has 2 aliphatic rings. The first-order chi connectivity index (χ1) is 11.5. The average Bonchev–Trinajstić information content (AvgIpc) is 3.15. The number of aryl methyl sites for hydroxylation is 2. The molecule has 4 rings (SSSR count). The van der Waals surface area contributed by atoms with Gasteiger partial charge in [-0.05, 0) is 69.1 Å². The normalized spacial score (nSPS) is 28.1. The number of quaternary nitrogens is 1. The predicted octanol–water partition coefficient (Wildman–Crippen LogP) is 5.88. The highest BCUT2D eigenvalue weighted by Crippen LogP contribution is 2.44. The van der Waals surface area contributed by atoms with E-state index in [0.717, 1.165) is 18.0 Å². The predicted molar refractivity (Wildman–Crippen MR) is 107 cm³/mol. The maximum Gasteiger partial charge on any atom is 0.0896 e. The summed E-state index contributed by atoms with van der Waals surface area (Å²) in [5.74, 6) is 0.738. The third-order valence-corrected chi connectivity index (χ3v) is 8.28. The van der Waals surface area contributed by atoms with Crippen LogP contribution in [0.2, 0.25) is 0 Å². The zero-order valence-electron chi connectivity index (χ0n) is 15.2. The molecule has 0 saturated carbocycles. The van der Waals surface area contributed by atoms with Gasteiger partial charge in [0.15, 0.2) is 0 Å². The van der Waals surface area contributed by atoms with Crippen molar-refractivity contribution in [2.45, 2.75) is 51.6 Å².